The second-order valence-corrected chi connectivity index (χ2v) is 1.32. The molecule has 1 aromatic rings. The van der Waals surface area contributed by atoms with Crippen molar-refractivity contribution in [2.24, 2.45) is 5.11 Å². The highest BCUT2D eigenvalue weighted by Crippen LogP contribution is 2.11. The van der Waals surface area contributed by atoms with Crippen molar-refractivity contribution in [2.45, 2.75) is 0 Å². The molecule has 1 heterocycles. The van der Waals surface area contributed by atoms with Crippen LogP contribution in [-0.4, -0.2) is 15.4 Å². The Morgan fingerprint density at radius 1 is 1.30 bits per heavy atom. The van der Waals surface area contributed by atoms with E-state index in [1.165, 1.54) is 0 Å². The van der Waals surface area contributed by atoms with Crippen LogP contribution in [0.3, 0.4) is 0 Å². The first-order valence-corrected chi connectivity index (χ1v) is 2.15. The molecule has 0 unspecified atom stereocenters. The number of aromatic nitrogens is 3. The Bertz CT molecular complexity index is 261. The smallest absolute Gasteiger partial charge is 0.197 e. The molecule has 0 aliphatic heterocycles. The Kier molecular flexibility index (Phi) is 1.57. The van der Waals surface area contributed by atoms with Gasteiger partial charge in [0.25, 0.3) is 5.95 Å². The highest BCUT2D eigenvalue weighted by atomic mass is 19.2. The molecule has 0 saturated heterocycles. The van der Waals surface area contributed by atoms with Crippen molar-refractivity contribution in [1.29, 1.82) is 0 Å². The first kappa shape index (κ1) is 6.59. The predicted octanol–water partition coefficient (Wildman–Crippen LogP) is 0.0336. The molecule has 0 fully saturated rings. The van der Waals surface area contributed by atoms with Gasteiger partial charge in [0.1, 0.15) is 0 Å². The molecule has 0 atom stereocenters. The summed E-state index contributed by atoms with van der Waals surface area (Å²) in [6, 6.07) is 0. The zero-order valence-corrected chi connectivity index (χ0v) is 4.49. The minimum Gasteiger partial charge on any atom is -0.197 e. The summed E-state index contributed by atoms with van der Waals surface area (Å²) in [5.41, 5.74) is 7.93. The van der Waals surface area contributed by atoms with E-state index in [1.54, 1.807) is 0 Å². The van der Waals surface area contributed by atoms with Crippen molar-refractivity contribution in [2.75, 3.05) is 0 Å². The molecule has 0 bridgehead atoms. The molecule has 1 radical (unpaired) electrons. The molecule has 1 rings (SSSR count). The number of rotatable bonds is 1. The van der Waals surface area contributed by atoms with Crippen molar-refractivity contribution in [3.63, 3.8) is 0 Å². The average molecular weight is 144 g/mol. The predicted molar refractivity (Wildman–Crippen MR) is 24.0 cm³/mol. The average Bonchev–Trinajstić information content (AvgIpc) is 1.95. The molecular weight excluding hydrogens is 144 g/mol. The largest absolute Gasteiger partial charge is 0.274 e. The van der Waals surface area contributed by atoms with Gasteiger partial charge < -0.3 is 0 Å². The summed E-state index contributed by atoms with van der Waals surface area (Å²) in [6.07, 6.45) is 0. The van der Waals surface area contributed by atoms with Gasteiger partial charge in [-0.25, -0.2) is 0 Å². The van der Waals surface area contributed by atoms with Crippen molar-refractivity contribution in [3.8, 4) is 0 Å². The van der Waals surface area contributed by atoms with Crippen LogP contribution in [0.1, 0.15) is 0 Å². The third-order valence-electron chi connectivity index (χ3n) is 0.744. The van der Waals surface area contributed by atoms with Crippen LogP contribution in [-0.2, 0) is 0 Å². The number of halogens is 2. The molecule has 1 aromatic heterocycles. The maximum absolute atomic E-state index is 12.2. The standard InChI is InChI=1S/C3F2N5/c4-1-2(5)8-10-9-3(1)7-6. The van der Waals surface area contributed by atoms with E-state index in [0.29, 0.717) is 0 Å². The summed E-state index contributed by atoms with van der Waals surface area (Å²) in [4.78, 5) is 0. The number of nitrogens with zero attached hydrogens (tertiary/aromatic N) is 5. The van der Waals surface area contributed by atoms with Crippen molar-refractivity contribution in [3.05, 3.63) is 11.8 Å². The summed E-state index contributed by atoms with van der Waals surface area (Å²) in [7, 11) is 0. The minimum absolute atomic E-state index is 0.812. The van der Waals surface area contributed by atoms with Gasteiger partial charge in [0, 0.05) is 0 Å². The monoisotopic (exact) mass is 144 g/mol. The summed E-state index contributed by atoms with van der Waals surface area (Å²) in [5, 5.41) is 10.5. The van der Waals surface area contributed by atoms with Crippen LogP contribution in [0.25, 0.3) is 0 Å². The lowest BCUT2D eigenvalue weighted by atomic mass is 10.6. The van der Waals surface area contributed by atoms with E-state index in [1.807, 2.05) is 0 Å². The summed E-state index contributed by atoms with van der Waals surface area (Å²) < 4.78 is 24.2. The quantitative estimate of drug-likeness (QED) is 0.522. The topological polar surface area (TPSA) is 73.3 Å². The molecule has 51 valence electrons. The molecule has 7 heteroatoms. The number of hydrogen-bond acceptors (Lipinski definition) is 4. The van der Waals surface area contributed by atoms with Gasteiger partial charge in [-0.15, -0.1) is 10.2 Å². The fraction of sp³-hybridized carbons (Fsp3) is 0. The second kappa shape index (κ2) is 2.38. The van der Waals surface area contributed by atoms with Gasteiger partial charge in [-0.3, -0.25) is 0 Å². The Morgan fingerprint density at radius 2 is 2.00 bits per heavy atom. The molecule has 0 N–H and O–H groups in total. The summed E-state index contributed by atoms with van der Waals surface area (Å²) >= 11 is 0. The van der Waals surface area contributed by atoms with Crippen molar-refractivity contribution in [1.82, 2.24) is 20.9 Å². The molecular formula is C3F2N5. The fourth-order valence-electron chi connectivity index (χ4n) is 0.348. The van der Waals surface area contributed by atoms with Crippen LogP contribution in [0.2, 0.25) is 0 Å². The SMILES string of the molecule is [N]=Nc1nnnc(F)c1F. The molecule has 0 aromatic carbocycles. The van der Waals surface area contributed by atoms with Gasteiger partial charge in [0.2, 0.25) is 11.6 Å². The zero-order chi connectivity index (χ0) is 7.56. The first-order valence-electron chi connectivity index (χ1n) is 2.15. The van der Waals surface area contributed by atoms with Gasteiger partial charge in [-0.05, 0) is 10.7 Å². The van der Waals surface area contributed by atoms with E-state index in [2.05, 4.69) is 20.5 Å². The lowest BCUT2D eigenvalue weighted by Crippen LogP contribution is -1.96. The van der Waals surface area contributed by atoms with Gasteiger partial charge in [0.05, 0.1) is 0 Å². The Morgan fingerprint density at radius 3 is 2.50 bits per heavy atom. The molecule has 5 nitrogen and oxygen atoms in total. The van der Waals surface area contributed by atoms with Crippen LogP contribution in [0.15, 0.2) is 5.11 Å². The van der Waals surface area contributed by atoms with E-state index in [-0.39, 0.29) is 0 Å². The highest BCUT2D eigenvalue weighted by molar-refractivity contribution is 5.23. The maximum Gasteiger partial charge on any atom is 0.274 e. The van der Waals surface area contributed by atoms with Crippen LogP contribution in [0.5, 0.6) is 0 Å². The van der Waals surface area contributed by atoms with Gasteiger partial charge in [-0.1, -0.05) is 5.10 Å². The van der Waals surface area contributed by atoms with E-state index in [9.17, 15) is 8.78 Å². The van der Waals surface area contributed by atoms with Crippen LogP contribution < -0.4 is 5.53 Å². The minimum atomic E-state index is -1.44. The third-order valence-corrected chi connectivity index (χ3v) is 0.744. The van der Waals surface area contributed by atoms with Gasteiger partial charge in [0.15, 0.2) is 0 Å². The van der Waals surface area contributed by atoms with E-state index in [0.717, 1.165) is 0 Å². The van der Waals surface area contributed by atoms with E-state index in [4.69, 9.17) is 5.53 Å². The van der Waals surface area contributed by atoms with Gasteiger partial charge in [-0.2, -0.15) is 8.78 Å². The molecule has 0 spiro atoms. The molecule has 0 amide bonds. The second-order valence-electron chi connectivity index (χ2n) is 1.32. The van der Waals surface area contributed by atoms with E-state index >= 15 is 0 Å². The summed E-state index contributed by atoms with van der Waals surface area (Å²) in [6.45, 7) is 0. The van der Waals surface area contributed by atoms with Crippen molar-refractivity contribution < 1.29 is 8.78 Å². The van der Waals surface area contributed by atoms with Crippen LogP contribution in [0.4, 0.5) is 14.6 Å². The van der Waals surface area contributed by atoms with E-state index < -0.39 is 17.6 Å². The molecule has 10 heavy (non-hydrogen) atoms. The fourth-order valence-corrected chi connectivity index (χ4v) is 0.348. The third kappa shape index (κ3) is 0.925. The zero-order valence-electron chi connectivity index (χ0n) is 4.49. The Balaban J connectivity index is 3.27. The normalized spacial score (nSPS) is 9.40. The molecule has 0 aliphatic rings. The first-order chi connectivity index (χ1) is 4.75. The lowest BCUT2D eigenvalue weighted by molar-refractivity contribution is 0.453. The summed E-state index contributed by atoms with van der Waals surface area (Å²) in [5.74, 6) is -3.67. The Labute approximate surface area is 53.6 Å². The van der Waals surface area contributed by atoms with Crippen molar-refractivity contribution >= 4 is 5.82 Å². The lowest BCUT2D eigenvalue weighted by Gasteiger charge is -1.88. The number of hydrogen-bond donors (Lipinski definition) is 0. The van der Waals surface area contributed by atoms with Crippen LogP contribution in [0, 0.1) is 11.8 Å². The van der Waals surface area contributed by atoms with Gasteiger partial charge >= 0.3 is 0 Å². The molecule has 0 saturated carbocycles. The van der Waals surface area contributed by atoms with Crippen LogP contribution >= 0.6 is 0 Å². The molecule has 0 aliphatic carbocycles. The Hall–Kier alpha value is -1.53. The highest BCUT2D eigenvalue weighted by Gasteiger charge is 2.10. The maximum atomic E-state index is 12.2.